The third kappa shape index (κ3) is 5.25. The number of hydrogen-bond donors (Lipinski definition) is 1. The fourth-order valence-electron chi connectivity index (χ4n) is 3.20. The lowest BCUT2D eigenvalue weighted by Gasteiger charge is -2.22. The Morgan fingerprint density at radius 3 is 2.68 bits per heavy atom. The SMILES string of the molecule is CCNC(=NCCc1nccn1Cc1ccccc1)N(C)Cc1cccn1C. The molecule has 3 aromatic rings. The highest BCUT2D eigenvalue weighted by Crippen LogP contribution is 2.07. The molecule has 2 heterocycles. The Morgan fingerprint density at radius 2 is 1.96 bits per heavy atom. The highest BCUT2D eigenvalue weighted by atomic mass is 15.3. The summed E-state index contributed by atoms with van der Waals surface area (Å²) in [7, 11) is 4.14. The van der Waals surface area contributed by atoms with Crippen molar-refractivity contribution in [1.82, 2.24) is 24.3 Å². The van der Waals surface area contributed by atoms with Crippen LogP contribution in [0.25, 0.3) is 0 Å². The van der Waals surface area contributed by atoms with E-state index in [9.17, 15) is 0 Å². The minimum absolute atomic E-state index is 0.700. The van der Waals surface area contributed by atoms with E-state index in [0.29, 0.717) is 6.54 Å². The van der Waals surface area contributed by atoms with Crippen molar-refractivity contribution in [3.8, 4) is 0 Å². The van der Waals surface area contributed by atoms with E-state index in [4.69, 9.17) is 4.99 Å². The number of guanidine groups is 1. The van der Waals surface area contributed by atoms with Gasteiger partial charge in [-0.2, -0.15) is 0 Å². The van der Waals surface area contributed by atoms with E-state index >= 15 is 0 Å². The second kappa shape index (κ2) is 9.78. The normalized spacial score (nSPS) is 11.6. The molecule has 6 heteroatoms. The van der Waals surface area contributed by atoms with Crippen molar-refractivity contribution in [2.45, 2.75) is 26.4 Å². The van der Waals surface area contributed by atoms with Gasteiger partial charge >= 0.3 is 0 Å². The molecule has 148 valence electrons. The van der Waals surface area contributed by atoms with E-state index in [1.54, 1.807) is 0 Å². The Balaban J connectivity index is 1.61. The first-order valence-corrected chi connectivity index (χ1v) is 9.81. The van der Waals surface area contributed by atoms with E-state index in [-0.39, 0.29) is 0 Å². The molecule has 3 rings (SSSR count). The average molecular weight is 379 g/mol. The van der Waals surface area contributed by atoms with Crippen LogP contribution < -0.4 is 5.32 Å². The number of benzene rings is 1. The third-order valence-corrected chi connectivity index (χ3v) is 4.74. The number of imidazole rings is 1. The summed E-state index contributed by atoms with van der Waals surface area (Å²) in [6.07, 6.45) is 6.79. The Kier molecular flexibility index (Phi) is 6.89. The quantitative estimate of drug-likeness (QED) is 0.484. The molecule has 0 saturated carbocycles. The van der Waals surface area contributed by atoms with Gasteiger partial charge in [-0.15, -0.1) is 0 Å². The molecule has 1 aromatic carbocycles. The molecule has 0 aliphatic carbocycles. The number of aryl methyl sites for hydroxylation is 1. The zero-order valence-corrected chi connectivity index (χ0v) is 17.0. The summed E-state index contributed by atoms with van der Waals surface area (Å²) >= 11 is 0. The number of hydrogen-bond acceptors (Lipinski definition) is 2. The Hall–Kier alpha value is -3.02. The number of aliphatic imine (C=N–C) groups is 1. The predicted octanol–water partition coefficient (Wildman–Crippen LogP) is 2.91. The number of nitrogens with one attached hydrogen (secondary N) is 1. The second-order valence-corrected chi connectivity index (χ2v) is 6.91. The highest BCUT2D eigenvalue weighted by Gasteiger charge is 2.09. The van der Waals surface area contributed by atoms with Crippen LogP contribution in [-0.4, -0.2) is 45.1 Å². The number of nitrogens with zero attached hydrogens (tertiary/aromatic N) is 5. The molecule has 0 saturated heterocycles. The van der Waals surface area contributed by atoms with Gasteiger partial charge in [0.15, 0.2) is 5.96 Å². The molecule has 0 spiro atoms. The van der Waals surface area contributed by atoms with E-state index in [0.717, 1.165) is 37.8 Å². The Morgan fingerprint density at radius 1 is 1.14 bits per heavy atom. The van der Waals surface area contributed by atoms with Crippen LogP contribution in [-0.2, 0) is 26.6 Å². The van der Waals surface area contributed by atoms with E-state index in [1.807, 2.05) is 18.5 Å². The highest BCUT2D eigenvalue weighted by molar-refractivity contribution is 5.79. The molecule has 1 N–H and O–H groups in total. The van der Waals surface area contributed by atoms with Gasteiger partial charge < -0.3 is 19.4 Å². The molecule has 6 nitrogen and oxygen atoms in total. The molecule has 0 fully saturated rings. The van der Waals surface area contributed by atoms with E-state index < -0.39 is 0 Å². The van der Waals surface area contributed by atoms with Crippen LogP contribution >= 0.6 is 0 Å². The van der Waals surface area contributed by atoms with Gasteiger partial charge in [0, 0.05) is 64.4 Å². The van der Waals surface area contributed by atoms with Gasteiger partial charge in [0.2, 0.25) is 0 Å². The first-order chi connectivity index (χ1) is 13.7. The van der Waals surface area contributed by atoms with Crippen molar-refractivity contribution < 1.29 is 0 Å². The summed E-state index contributed by atoms with van der Waals surface area (Å²) in [5, 5.41) is 3.39. The summed E-state index contributed by atoms with van der Waals surface area (Å²) in [5.41, 5.74) is 2.53. The largest absolute Gasteiger partial charge is 0.357 e. The second-order valence-electron chi connectivity index (χ2n) is 6.91. The van der Waals surface area contributed by atoms with Crippen LogP contribution in [0.1, 0.15) is 24.0 Å². The zero-order valence-electron chi connectivity index (χ0n) is 17.0. The molecule has 2 aromatic heterocycles. The zero-order chi connectivity index (χ0) is 19.8. The van der Waals surface area contributed by atoms with Crippen molar-refractivity contribution in [1.29, 1.82) is 0 Å². The summed E-state index contributed by atoms with van der Waals surface area (Å²) in [4.78, 5) is 11.5. The maximum absolute atomic E-state index is 4.82. The smallest absolute Gasteiger partial charge is 0.194 e. The summed E-state index contributed by atoms with van der Waals surface area (Å²) in [6, 6.07) is 14.7. The maximum atomic E-state index is 4.82. The van der Waals surface area contributed by atoms with Gasteiger partial charge in [0.25, 0.3) is 0 Å². The minimum Gasteiger partial charge on any atom is -0.357 e. The van der Waals surface area contributed by atoms with Gasteiger partial charge in [0.05, 0.1) is 6.54 Å². The molecule has 0 unspecified atom stereocenters. The molecular formula is C22H30N6. The molecule has 0 atom stereocenters. The van der Waals surface area contributed by atoms with Crippen molar-refractivity contribution in [3.63, 3.8) is 0 Å². The molecule has 0 bridgehead atoms. The third-order valence-electron chi connectivity index (χ3n) is 4.74. The van der Waals surface area contributed by atoms with Gasteiger partial charge in [-0.3, -0.25) is 4.99 Å². The summed E-state index contributed by atoms with van der Waals surface area (Å²) in [5.74, 6) is 1.98. The molecule has 28 heavy (non-hydrogen) atoms. The van der Waals surface area contributed by atoms with Crippen molar-refractivity contribution in [2.24, 2.45) is 12.0 Å². The van der Waals surface area contributed by atoms with Crippen LogP contribution in [0.2, 0.25) is 0 Å². The molecule has 0 aliphatic rings. The Labute approximate surface area is 167 Å². The molecule has 0 aliphatic heterocycles. The fourth-order valence-corrected chi connectivity index (χ4v) is 3.20. The van der Waals surface area contributed by atoms with Gasteiger partial charge in [0.1, 0.15) is 5.82 Å². The molecule has 0 radical (unpaired) electrons. The molecular weight excluding hydrogens is 348 g/mol. The fraction of sp³-hybridized carbons (Fsp3) is 0.364. The first kappa shape index (κ1) is 19.7. The van der Waals surface area contributed by atoms with E-state index in [1.165, 1.54) is 11.3 Å². The minimum atomic E-state index is 0.700. The topological polar surface area (TPSA) is 50.4 Å². The van der Waals surface area contributed by atoms with Crippen LogP contribution in [0.3, 0.4) is 0 Å². The monoisotopic (exact) mass is 378 g/mol. The Bertz CT molecular complexity index is 877. The predicted molar refractivity (Wildman–Crippen MR) is 114 cm³/mol. The molecule has 0 amide bonds. The lowest BCUT2D eigenvalue weighted by Crippen LogP contribution is -2.39. The van der Waals surface area contributed by atoms with Gasteiger partial charge in [-0.1, -0.05) is 30.3 Å². The van der Waals surface area contributed by atoms with Crippen LogP contribution in [0.15, 0.2) is 66.0 Å². The van der Waals surface area contributed by atoms with Gasteiger partial charge in [-0.05, 0) is 24.6 Å². The lowest BCUT2D eigenvalue weighted by molar-refractivity contribution is 0.462. The van der Waals surface area contributed by atoms with Crippen molar-refractivity contribution >= 4 is 5.96 Å². The summed E-state index contributed by atoms with van der Waals surface area (Å²) in [6.45, 7) is 5.30. The van der Waals surface area contributed by atoms with Crippen LogP contribution in [0, 0.1) is 0 Å². The number of aromatic nitrogens is 3. The first-order valence-electron chi connectivity index (χ1n) is 9.81. The standard InChI is InChI=1S/C22H30N6/c1-4-23-22(27(3)18-20-11-8-15-26(20)2)25-13-12-21-24-14-16-28(21)17-19-9-6-5-7-10-19/h5-11,14-16H,4,12-13,17-18H2,1-3H3,(H,23,25). The van der Waals surface area contributed by atoms with Crippen LogP contribution in [0.4, 0.5) is 0 Å². The van der Waals surface area contributed by atoms with Crippen molar-refractivity contribution in [3.05, 3.63) is 78.1 Å². The van der Waals surface area contributed by atoms with Crippen LogP contribution in [0.5, 0.6) is 0 Å². The average Bonchev–Trinajstić information content (AvgIpc) is 3.31. The lowest BCUT2D eigenvalue weighted by atomic mass is 10.2. The maximum Gasteiger partial charge on any atom is 0.194 e. The van der Waals surface area contributed by atoms with Crippen molar-refractivity contribution in [2.75, 3.05) is 20.1 Å². The van der Waals surface area contributed by atoms with Gasteiger partial charge in [-0.25, -0.2) is 4.98 Å². The summed E-state index contributed by atoms with van der Waals surface area (Å²) < 4.78 is 4.34. The van der Waals surface area contributed by atoms with E-state index in [2.05, 4.69) is 87.9 Å². The number of rotatable bonds is 8.